The molecule has 0 atom stereocenters. The fourth-order valence-electron chi connectivity index (χ4n) is 0.405. The molecule has 0 aliphatic heterocycles. The van der Waals surface area contributed by atoms with E-state index in [9.17, 15) is 26.1 Å². The van der Waals surface area contributed by atoms with Gasteiger partial charge in [0, 0.05) is 6.51 Å². The summed E-state index contributed by atoms with van der Waals surface area (Å²) in [5.41, 5.74) is 0. The Kier molecular flexibility index (Phi) is 8.56. The summed E-state index contributed by atoms with van der Waals surface area (Å²) in [6.45, 7) is -7.65. The maximum absolute atomic E-state index is 11.3. The van der Waals surface area contributed by atoms with Gasteiger partial charge in [-0.2, -0.15) is 13.2 Å². The monoisotopic (exact) mass is 234 g/mol. The van der Waals surface area contributed by atoms with Crippen molar-refractivity contribution in [2.75, 3.05) is 13.1 Å². The van der Waals surface area contributed by atoms with Crippen molar-refractivity contribution in [3.05, 3.63) is 0 Å². The first-order valence-electron chi connectivity index (χ1n) is 3.06. The molecule has 0 spiro atoms. The van der Waals surface area contributed by atoms with Gasteiger partial charge in [0.15, 0.2) is 0 Å². The SMILES string of the molecule is F[B-](F)(F)COCCC(F)(F)F.[K+]. The predicted octanol–water partition coefficient (Wildman–Crippen LogP) is -0.654. The average Bonchev–Trinajstić information content (AvgIpc) is 1.76. The number of ether oxygens (including phenoxy) is 1. The van der Waals surface area contributed by atoms with E-state index < -0.39 is 32.7 Å². The van der Waals surface area contributed by atoms with Crippen LogP contribution >= 0.6 is 0 Å². The Hall–Kier alpha value is 1.24. The number of hydrogen-bond acceptors (Lipinski definition) is 1. The Balaban J connectivity index is 0. The third kappa shape index (κ3) is 16.0. The molecule has 9 heteroatoms. The Labute approximate surface area is 114 Å². The topological polar surface area (TPSA) is 9.23 Å². The first-order chi connectivity index (χ1) is 5.21. The minimum atomic E-state index is -5.14. The van der Waals surface area contributed by atoms with Crippen LogP contribution in [0.1, 0.15) is 6.42 Å². The van der Waals surface area contributed by atoms with Crippen LogP contribution in [0.25, 0.3) is 0 Å². The summed E-state index contributed by atoms with van der Waals surface area (Å²) in [5.74, 6) is 0. The zero-order chi connectivity index (χ0) is 9.83. The van der Waals surface area contributed by atoms with Gasteiger partial charge in [-0.05, 0) is 0 Å². The van der Waals surface area contributed by atoms with Crippen LogP contribution in [0.4, 0.5) is 26.1 Å². The van der Waals surface area contributed by atoms with Crippen LogP contribution in [0.15, 0.2) is 0 Å². The number of rotatable bonds is 4. The summed E-state index contributed by atoms with van der Waals surface area (Å²) in [7, 11) is 0. The molecule has 0 aliphatic rings. The molecule has 0 N–H and O–H groups in total. The Bertz CT molecular complexity index is 118. The van der Waals surface area contributed by atoms with Crippen molar-refractivity contribution in [2.24, 2.45) is 0 Å². The normalized spacial score (nSPS) is 12.5. The van der Waals surface area contributed by atoms with E-state index in [0.717, 1.165) is 0 Å². The summed E-state index contributed by atoms with van der Waals surface area (Å²) in [6.07, 6.45) is -5.81. The Morgan fingerprint density at radius 1 is 1.08 bits per heavy atom. The van der Waals surface area contributed by atoms with Gasteiger partial charge >= 0.3 is 64.5 Å². The van der Waals surface area contributed by atoms with Gasteiger partial charge < -0.3 is 17.7 Å². The first-order valence-corrected chi connectivity index (χ1v) is 3.06. The molecule has 0 aliphatic carbocycles. The molecule has 74 valence electrons. The molecule has 0 saturated carbocycles. The molecule has 0 amide bonds. The molecule has 0 heterocycles. The average molecular weight is 234 g/mol. The maximum Gasteiger partial charge on any atom is 1.00 e. The molecule has 0 rings (SSSR count). The minimum Gasteiger partial charge on any atom is -0.447 e. The van der Waals surface area contributed by atoms with Gasteiger partial charge in [0.2, 0.25) is 0 Å². The summed E-state index contributed by atoms with van der Waals surface area (Å²) in [4.78, 5) is 0. The summed E-state index contributed by atoms with van der Waals surface area (Å²) < 4.78 is 71.7. The van der Waals surface area contributed by atoms with Crippen LogP contribution in [0, 0.1) is 0 Å². The zero-order valence-electron chi connectivity index (χ0n) is 6.87. The van der Waals surface area contributed by atoms with Crippen LogP contribution < -0.4 is 51.4 Å². The quantitative estimate of drug-likeness (QED) is 0.356. The molecule has 0 radical (unpaired) electrons. The Morgan fingerprint density at radius 2 is 1.54 bits per heavy atom. The largest absolute Gasteiger partial charge is 1.00 e. The van der Waals surface area contributed by atoms with Crippen molar-refractivity contribution in [1.82, 2.24) is 0 Å². The van der Waals surface area contributed by atoms with Crippen LogP contribution in [0.5, 0.6) is 0 Å². The Morgan fingerprint density at radius 3 is 1.85 bits per heavy atom. The molecule has 0 aromatic carbocycles. The molecule has 0 bridgehead atoms. The molecule has 0 aromatic heterocycles. The minimum absolute atomic E-state index is 0. The zero-order valence-corrected chi connectivity index (χ0v) is 10.00. The second-order valence-electron chi connectivity index (χ2n) is 2.15. The van der Waals surface area contributed by atoms with Gasteiger partial charge in [-0.1, -0.05) is 0 Å². The smallest absolute Gasteiger partial charge is 0.447 e. The van der Waals surface area contributed by atoms with Crippen molar-refractivity contribution < 1.29 is 82.2 Å². The van der Waals surface area contributed by atoms with E-state index in [1.807, 2.05) is 0 Å². The van der Waals surface area contributed by atoms with Crippen molar-refractivity contribution in [2.45, 2.75) is 12.6 Å². The second-order valence-corrected chi connectivity index (χ2v) is 2.15. The number of halogens is 6. The van der Waals surface area contributed by atoms with E-state index in [1.54, 1.807) is 0 Å². The molecule has 0 fully saturated rings. The molecular formula is C4H6BF6KO. The second kappa shape index (κ2) is 6.67. The number of alkyl halides is 3. The van der Waals surface area contributed by atoms with E-state index in [1.165, 1.54) is 0 Å². The van der Waals surface area contributed by atoms with Crippen LogP contribution in [0.2, 0.25) is 0 Å². The van der Waals surface area contributed by atoms with E-state index >= 15 is 0 Å². The summed E-state index contributed by atoms with van der Waals surface area (Å²) >= 11 is 0. The third-order valence-corrected chi connectivity index (χ3v) is 0.837. The van der Waals surface area contributed by atoms with Gasteiger partial charge in [-0.25, -0.2) is 0 Å². The van der Waals surface area contributed by atoms with Crippen LogP contribution in [-0.2, 0) is 4.74 Å². The summed E-state index contributed by atoms with van der Waals surface area (Å²) in [6, 6.07) is 0. The van der Waals surface area contributed by atoms with Crippen LogP contribution in [-0.4, -0.2) is 26.3 Å². The standard InChI is InChI=1S/C4H6BF6O.K/c6-4(7,8)1-2-12-3-5(9,10)11;/h1-3H2;/q-1;+1. The van der Waals surface area contributed by atoms with Gasteiger partial charge in [-0.3, -0.25) is 0 Å². The van der Waals surface area contributed by atoms with Crippen LogP contribution in [0.3, 0.4) is 0 Å². The predicted molar refractivity (Wildman–Crippen MR) is 30.6 cm³/mol. The molecule has 0 unspecified atom stereocenters. The van der Waals surface area contributed by atoms with Crippen molar-refractivity contribution in [1.29, 1.82) is 0 Å². The fourth-order valence-corrected chi connectivity index (χ4v) is 0.405. The van der Waals surface area contributed by atoms with E-state index in [2.05, 4.69) is 4.74 Å². The molecule has 0 saturated heterocycles. The summed E-state index contributed by atoms with van der Waals surface area (Å²) in [5, 5.41) is 0. The van der Waals surface area contributed by atoms with E-state index in [4.69, 9.17) is 0 Å². The van der Waals surface area contributed by atoms with E-state index in [-0.39, 0.29) is 51.4 Å². The van der Waals surface area contributed by atoms with Crippen molar-refractivity contribution >= 4 is 6.98 Å². The number of hydrogen-bond donors (Lipinski definition) is 0. The van der Waals surface area contributed by atoms with Gasteiger partial charge in [0.05, 0.1) is 13.0 Å². The molecule has 13 heavy (non-hydrogen) atoms. The molecular weight excluding hydrogens is 228 g/mol. The van der Waals surface area contributed by atoms with E-state index in [0.29, 0.717) is 0 Å². The maximum atomic E-state index is 11.3. The third-order valence-electron chi connectivity index (χ3n) is 0.837. The first kappa shape index (κ1) is 16.7. The fraction of sp³-hybridized carbons (Fsp3) is 1.00. The molecule has 0 aromatic rings. The van der Waals surface area contributed by atoms with Gasteiger partial charge in [0.25, 0.3) is 0 Å². The van der Waals surface area contributed by atoms with Crippen molar-refractivity contribution in [3.63, 3.8) is 0 Å². The van der Waals surface area contributed by atoms with Gasteiger partial charge in [-0.15, -0.1) is 0 Å². The van der Waals surface area contributed by atoms with Gasteiger partial charge in [0.1, 0.15) is 0 Å². The molecule has 1 nitrogen and oxygen atoms in total. The van der Waals surface area contributed by atoms with Crippen molar-refractivity contribution in [3.8, 4) is 0 Å².